The van der Waals surface area contributed by atoms with Gasteiger partial charge in [-0.3, -0.25) is 0 Å². The topological polar surface area (TPSA) is 37.5 Å². The molecule has 6 heteroatoms. The summed E-state index contributed by atoms with van der Waals surface area (Å²) in [4.78, 5) is 4.58. The fourth-order valence-electron chi connectivity index (χ4n) is 3.06. The Morgan fingerprint density at radius 3 is 2.56 bits per heavy atom. The van der Waals surface area contributed by atoms with Gasteiger partial charge in [0.25, 0.3) is 0 Å². The van der Waals surface area contributed by atoms with E-state index < -0.39 is 18.2 Å². The largest absolute Gasteiger partial charge is 0.391 e. The Labute approximate surface area is 159 Å². The van der Waals surface area contributed by atoms with Crippen molar-refractivity contribution in [2.45, 2.75) is 13.5 Å². The highest BCUT2D eigenvalue weighted by Crippen LogP contribution is 2.29. The van der Waals surface area contributed by atoms with Crippen LogP contribution >= 0.6 is 11.6 Å². The number of aromatic nitrogens is 2. The first-order chi connectivity index (χ1) is 13.0. The molecular weight excluding hydrogens is 370 g/mol. The average molecular weight is 385 g/mol. The van der Waals surface area contributed by atoms with Crippen molar-refractivity contribution in [3.63, 3.8) is 0 Å². The molecule has 0 saturated carbocycles. The van der Waals surface area contributed by atoms with Gasteiger partial charge in [-0.25, -0.2) is 13.8 Å². The number of benzene rings is 2. The Balaban J connectivity index is 1.81. The van der Waals surface area contributed by atoms with Crippen molar-refractivity contribution in [1.29, 1.82) is 0 Å². The third-order valence-electron chi connectivity index (χ3n) is 4.56. The van der Waals surface area contributed by atoms with E-state index in [2.05, 4.69) is 4.98 Å². The van der Waals surface area contributed by atoms with Crippen LogP contribution in [0.3, 0.4) is 0 Å². The monoisotopic (exact) mass is 384 g/mol. The highest BCUT2D eigenvalue weighted by Gasteiger charge is 2.15. The summed E-state index contributed by atoms with van der Waals surface area (Å²) in [7, 11) is 0. The maximum Gasteiger partial charge on any atom is 0.139 e. The van der Waals surface area contributed by atoms with Gasteiger partial charge in [0.2, 0.25) is 0 Å². The van der Waals surface area contributed by atoms with Gasteiger partial charge in [-0.1, -0.05) is 17.7 Å². The maximum atomic E-state index is 14.5. The number of hydrogen-bond donors (Lipinski definition) is 1. The molecule has 0 aliphatic carbocycles. The molecule has 0 aliphatic rings. The fraction of sp³-hybridized carbons (Fsp3) is 0.0952. The first-order valence-electron chi connectivity index (χ1n) is 8.31. The minimum absolute atomic E-state index is 0.222. The van der Waals surface area contributed by atoms with Crippen LogP contribution in [-0.2, 0) is 6.61 Å². The molecule has 0 radical (unpaired) electrons. The molecule has 0 aliphatic heterocycles. The van der Waals surface area contributed by atoms with E-state index in [-0.39, 0.29) is 11.1 Å². The second-order valence-electron chi connectivity index (χ2n) is 6.32. The van der Waals surface area contributed by atoms with Crippen LogP contribution in [0.15, 0.2) is 54.9 Å². The summed E-state index contributed by atoms with van der Waals surface area (Å²) in [6.45, 7) is 1.23. The number of aryl methyl sites for hydroxylation is 1. The Morgan fingerprint density at radius 1 is 1.04 bits per heavy atom. The Morgan fingerprint density at radius 2 is 1.81 bits per heavy atom. The maximum absolute atomic E-state index is 14.5. The molecule has 0 bridgehead atoms. The molecule has 0 unspecified atom stereocenters. The van der Waals surface area contributed by atoms with Gasteiger partial charge in [-0.2, -0.15) is 0 Å². The van der Waals surface area contributed by atoms with Crippen LogP contribution in [-0.4, -0.2) is 14.5 Å². The summed E-state index contributed by atoms with van der Waals surface area (Å²) in [6, 6.07) is 11.7. The number of hydrogen-bond acceptors (Lipinski definition) is 2. The van der Waals surface area contributed by atoms with Crippen molar-refractivity contribution in [2.75, 3.05) is 0 Å². The van der Waals surface area contributed by atoms with Crippen LogP contribution < -0.4 is 0 Å². The van der Waals surface area contributed by atoms with Gasteiger partial charge in [0.1, 0.15) is 17.3 Å². The van der Waals surface area contributed by atoms with Gasteiger partial charge >= 0.3 is 0 Å². The SMILES string of the molecule is Cc1cc(-c2cn3cc(-c4ccc(F)c(CO)c4F)ccc3n2)ccc1Cl. The Bertz CT molecular complexity index is 1170. The zero-order valence-electron chi connectivity index (χ0n) is 14.4. The van der Waals surface area contributed by atoms with Crippen LogP contribution in [0.5, 0.6) is 0 Å². The summed E-state index contributed by atoms with van der Waals surface area (Å²) in [6.07, 6.45) is 3.57. The Kier molecular flexibility index (Phi) is 4.42. The van der Waals surface area contributed by atoms with Crippen LogP contribution in [0.2, 0.25) is 5.02 Å². The second kappa shape index (κ2) is 6.76. The smallest absolute Gasteiger partial charge is 0.139 e. The molecule has 27 heavy (non-hydrogen) atoms. The van der Waals surface area contributed by atoms with Gasteiger partial charge in [0.15, 0.2) is 0 Å². The van der Waals surface area contributed by atoms with Gasteiger partial charge in [-0.05, 0) is 48.9 Å². The van der Waals surface area contributed by atoms with Gasteiger partial charge in [0.05, 0.1) is 12.3 Å². The highest BCUT2D eigenvalue weighted by atomic mass is 35.5. The number of imidazole rings is 1. The summed E-state index contributed by atoms with van der Waals surface area (Å²) >= 11 is 6.08. The third kappa shape index (κ3) is 3.09. The molecule has 0 atom stereocenters. The minimum Gasteiger partial charge on any atom is -0.391 e. The number of pyridine rings is 1. The van der Waals surface area contributed by atoms with E-state index >= 15 is 0 Å². The first-order valence-corrected chi connectivity index (χ1v) is 8.69. The molecule has 4 rings (SSSR count). The second-order valence-corrected chi connectivity index (χ2v) is 6.73. The van der Waals surface area contributed by atoms with E-state index in [1.54, 1.807) is 22.7 Å². The lowest BCUT2D eigenvalue weighted by molar-refractivity contribution is 0.269. The van der Waals surface area contributed by atoms with Gasteiger partial charge in [0, 0.05) is 39.7 Å². The van der Waals surface area contributed by atoms with E-state index in [1.807, 2.05) is 31.3 Å². The lowest BCUT2D eigenvalue weighted by Gasteiger charge is -2.08. The van der Waals surface area contributed by atoms with Crippen molar-refractivity contribution in [2.24, 2.45) is 0 Å². The molecule has 0 fully saturated rings. The normalized spacial score (nSPS) is 11.3. The van der Waals surface area contributed by atoms with E-state index in [0.29, 0.717) is 16.2 Å². The van der Waals surface area contributed by atoms with Crippen LogP contribution in [0, 0.1) is 18.6 Å². The zero-order valence-corrected chi connectivity index (χ0v) is 15.1. The van der Waals surface area contributed by atoms with Gasteiger partial charge < -0.3 is 9.51 Å². The molecular formula is C21H15ClF2N2O. The highest BCUT2D eigenvalue weighted by molar-refractivity contribution is 6.31. The van der Waals surface area contributed by atoms with E-state index in [1.165, 1.54) is 6.07 Å². The predicted octanol–water partition coefficient (Wildman–Crippen LogP) is 5.40. The molecule has 2 heterocycles. The summed E-state index contributed by atoms with van der Waals surface area (Å²) in [5.41, 5.74) is 3.80. The van der Waals surface area contributed by atoms with E-state index in [9.17, 15) is 13.9 Å². The lowest BCUT2D eigenvalue weighted by atomic mass is 10.0. The summed E-state index contributed by atoms with van der Waals surface area (Å²) in [5.74, 6) is -1.52. The quantitative estimate of drug-likeness (QED) is 0.513. The number of aliphatic hydroxyl groups excluding tert-OH is 1. The summed E-state index contributed by atoms with van der Waals surface area (Å²) in [5, 5.41) is 9.90. The lowest BCUT2D eigenvalue weighted by Crippen LogP contribution is -1.98. The molecule has 4 aromatic rings. The van der Waals surface area contributed by atoms with Crippen LogP contribution in [0.1, 0.15) is 11.1 Å². The van der Waals surface area contributed by atoms with Crippen LogP contribution in [0.4, 0.5) is 8.78 Å². The average Bonchev–Trinajstić information content (AvgIpc) is 3.07. The molecule has 136 valence electrons. The number of fused-ring (bicyclic) bond motifs is 1. The fourth-order valence-corrected chi connectivity index (χ4v) is 3.18. The minimum atomic E-state index is -0.761. The number of nitrogens with zero attached hydrogens (tertiary/aromatic N) is 2. The number of rotatable bonds is 3. The predicted molar refractivity (Wildman–Crippen MR) is 102 cm³/mol. The molecule has 2 aromatic heterocycles. The van der Waals surface area contributed by atoms with Crippen LogP contribution in [0.25, 0.3) is 28.0 Å². The van der Waals surface area contributed by atoms with E-state index in [0.717, 1.165) is 22.9 Å². The molecule has 1 N–H and O–H groups in total. The van der Waals surface area contributed by atoms with Crippen molar-refractivity contribution in [1.82, 2.24) is 9.38 Å². The van der Waals surface area contributed by atoms with Crippen molar-refractivity contribution in [3.8, 4) is 22.4 Å². The molecule has 0 spiro atoms. The standard InChI is InChI=1S/C21H15ClF2N2O/c1-12-8-13(2-5-17(12)22)19-10-26-9-14(3-7-20(26)25-19)15-4-6-18(23)16(11-27)21(15)24/h2-10,27H,11H2,1H3. The third-order valence-corrected chi connectivity index (χ3v) is 4.98. The molecule has 2 aromatic carbocycles. The molecule has 3 nitrogen and oxygen atoms in total. The van der Waals surface area contributed by atoms with Crippen molar-refractivity contribution >= 4 is 17.2 Å². The molecule has 0 saturated heterocycles. The number of halogens is 3. The Hall–Kier alpha value is -2.76. The summed E-state index contributed by atoms with van der Waals surface area (Å²) < 4.78 is 29.9. The molecule has 0 amide bonds. The number of aliphatic hydroxyl groups is 1. The van der Waals surface area contributed by atoms with Gasteiger partial charge in [-0.15, -0.1) is 0 Å². The van der Waals surface area contributed by atoms with Crippen molar-refractivity contribution in [3.05, 3.63) is 82.6 Å². The van der Waals surface area contributed by atoms with E-state index in [4.69, 9.17) is 11.6 Å². The van der Waals surface area contributed by atoms with Crippen molar-refractivity contribution < 1.29 is 13.9 Å². The zero-order chi connectivity index (χ0) is 19.1. The first kappa shape index (κ1) is 17.6.